The van der Waals surface area contributed by atoms with E-state index in [2.05, 4.69) is 46.3 Å². The minimum atomic E-state index is -0.263. The third-order valence-electron chi connectivity index (χ3n) is 6.04. The van der Waals surface area contributed by atoms with Gasteiger partial charge in [-0.1, -0.05) is 60.7 Å². The summed E-state index contributed by atoms with van der Waals surface area (Å²) in [6.07, 6.45) is 2.56. The van der Waals surface area contributed by atoms with Gasteiger partial charge < -0.3 is 9.64 Å². The second-order valence-electron chi connectivity index (χ2n) is 8.52. The molecule has 2 aliphatic heterocycles. The van der Waals surface area contributed by atoms with Crippen molar-refractivity contribution < 1.29 is 9.53 Å². The Balaban J connectivity index is 1.48. The van der Waals surface area contributed by atoms with Crippen molar-refractivity contribution in [1.82, 2.24) is 5.01 Å². The highest BCUT2D eigenvalue weighted by Gasteiger charge is 2.36. The van der Waals surface area contributed by atoms with Gasteiger partial charge in [-0.3, -0.25) is 4.79 Å². The lowest BCUT2D eigenvalue weighted by Gasteiger charge is -2.23. The molecule has 2 heterocycles. The molecule has 7 heteroatoms. The molecule has 3 aromatic rings. The first kappa shape index (κ1) is 22.9. The second-order valence-corrected chi connectivity index (χ2v) is 9.52. The normalized spacial score (nSPS) is 18.6. The Labute approximate surface area is 209 Å². The highest BCUT2D eigenvalue weighted by atomic mass is 32.2. The summed E-state index contributed by atoms with van der Waals surface area (Å²) >= 11 is 1.35. The van der Waals surface area contributed by atoms with Gasteiger partial charge in [-0.2, -0.15) is 10.1 Å². The van der Waals surface area contributed by atoms with Crippen molar-refractivity contribution in [2.24, 2.45) is 10.1 Å². The standard InChI is InChI=1S/C28H26N4O2S/c1-31(2)22-15-13-20(14-16-22)24-18-23(19-9-5-4-6-10-19)30-32(24)28-29-27(33)26(35-28)17-21-11-7-8-12-25(21)34-3/h4-17,24H,18H2,1-3H3/b26-17-. The molecule has 5 rings (SSSR count). The molecule has 0 spiro atoms. The van der Waals surface area contributed by atoms with Crippen LogP contribution >= 0.6 is 11.8 Å². The highest BCUT2D eigenvalue weighted by molar-refractivity contribution is 8.18. The molecule has 1 amide bonds. The quantitative estimate of drug-likeness (QED) is 0.444. The van der Waals surface area contributed by atoms with E-state index in [4.69, 9.17) is 9.84 Å². The van der Waals surface area contributed by atoms with E-state index in [1.165, 1.54) is 11.8 Å². The molecule has 0 saturated carbocycles. The van der Waals surface area contributed by atoms with Gasteiger partial charge in [0, 0.05) is 31.8 Å². The molecule has 1 atom stereocenters. The maximum Gasteiger partial charge on any atom is 0.286 e. The largest absolute Gasteiger partial charge is 0.496 e. The lowest BCUT2D eigenvalue weighted by molar-refractivity contribution is -0.113. The van der Waals surface area contributed by atoms with Crippen molar-refractivity contribution in [2.75, 3.05) is 26.1 Å². The SMILES string of the molecule is COc1ccccc1/C=C1\SC(N2N=C(c3ccccc3)CC2c2ccc(N(C)C)cc2)=NC1=O. The van der Waals surface area contributed by atoms with Gasteiger partial charge in [0.1, 0.15) is 5.75 Å². The molecule has 0 radical (unpaired) electrons. The van der Waals surface area contributed by atoms with Gasteiger partial charge in [0.05, 0.1) is 23.8 Å². The van der Waals surface area contributed by atoms with Gasteiger partial charge in [-0.05, 0) is 47.2 Å². The number of carbonyl (C=O) groups excluding carboxylic acids is 1. The molecular formula is C28H26N4O2S. The molecule has 35 heavy (non-hydrogen) atoms. The van der Waals surface area contributed by atoms with E-state index >= 15 is 0 Å². The third kappa shape index (κ3) is 4.72. The number of para-hydroxylation sites is 1. The van der Waals surface area contributed by atoms with Crippen LogP contribution in [0, 0.1) is 0 Å². The first-order chi connectivity index (χ1) is 17.0. The van der Waals surface area contributed by atoms with E-state index in [9.17, 15) is 4.79 Å². The van der Waals surface area contributed by atoms with E-state index in [0.717, 1.165) is 34.5 Å². The van der Waals surface area contributed by atoms with Crippen LogP contribution in [-0.4, -0.2) is 43.0 Å². The molecule has 1 unspecified atom stereocenters. The van der Waals surface area contributed by atoms with Crippen LogP contribution in [0.4, 0.5) is 5.69 Å². The van der Waals surface area contributed by atoms with Gasteiger partial charge in [-0.25, -0.2) is 5.01 Å². The average Bonchev–Trinajstić information content (AvgIpc) is 3.49. The monoisotopic (exact) mass is 482 g/mol. The number of hydrazone groups is 1. The summed E-state index contributed by atoms with van der Waals surface area (Å²) in [5, 5.41) is 7.44. The van der Waals surface area contributed by atoms with Crippen LogP contribution in [0.15, 0.2) is 93.9 Å². The maximum absolute atomic E-state index is 12.9. The van der Waals surface area contributed by atoms with Crippen molar-refractivity contribution in [3.8, 4) is 5.75 Å². The molecule has 0 aromatic heterocycles. The van der Waals surface area contributed by atoms with Crippen LogP contribution < -0.4 is 9.64 Å². The zero-order valence-corrected chi connectivity index (χ0v) is 20.7. The van der Waals surface area contributed by atoms with E-state index < -0.39 is 0 Å². The number of thioether (sulfide) groups is 1. The lowest BCUT2D eigenvalue weighted by atomic mass is 9.98. The number of benzene rings is 3. The predicted molar refractivity (Wildman–Crippen MR) is 144 cm³/mol. The van der Waals surface area contributed by atoms with Crippen molar-refractivity contribution >= 4 is 40.3 Å². The topological polar surface area (TPSA) is 57.5 Å². The highest BCUT2D eigenvalue weighted by Crippen LogP contribution is 2.40. The van der Waals surface area contributed by atoms with Gasteiger partial charge >= 0.3 is 0 Å². The fourth-order valence-electron chi connectivity index (χ4n) is 4.17. The van der Waals surface area contributed by atoms with E-state index in [0.29, 0.717) is 15.8 Å². The molecule has 2 aliphatic rings. The summed E-state index contributed by atoms with van der Waals surface area (Å²) in [6.45, 7) is 0. The Morgan fingerprint density at radius 2 is 1.71 bits per heavy atom. The zero-order chi connectivity index (χ0) is 24.4. The van der Waals surface area contributed by atoms with E-state index in [1.807, 2.05) is 67.6 Å². The fraction of sp³-hybridized carbons (Fsp3) is 0.179. The number of rotatable bonds is 5. The van der Waals surface area contributed by atoms with Crippen LogP contribution in [0.5, 0.6) is 5.75 Å². The molecule has 0 bridgehead atoms. The summed E-state index contributed by atoms with van der Waals surface area (Å²) in [5.74, 6) is 0.451. The van der Waals surface area contributed by atoms with E-state index in [-0.39, 0.29) is 11.9 Å². The summed E-state index contributed by atoms with van der Waals surface area (Å²) in [6, 6.07) is 26.2. The Hall–Kier alpha value is -3.84. The molecule has 0 saturated heterocycles. The number of amides is 1. The number of hydrogen-bond donors (Lipinski definition) is 0. The Kier molecular flexibility index (Phi) is 6.42. The molecule has 0 N–H and O–H groups in total. The molecule has 0 fully saturated rings. The molecule has 176 valence electrons. The molecule has 0 aliphatic carbocycles. The molecule has 3 aromatic carbocycles. The van der Waals surface area contributed by atoms with Gasteiger partial charge in [-0.15, -0.1) is 0 Å². The molecule has 6 nitrogen and oxygen atoms in total. The van der Waals surface area contributed by atoms with Crippen LogP contribution in [-0.2, 0) is 4.79 Å². The maximum atomic E-state index is 12.9. The number of aliphatic imine (C=N–C) groups is 1. The number of ether oxygens (including phenoxy) is 1. The average molecular weight is 483 g/mol. The first-order valence-electron chi connectivity index (χ1n) is 11.4. The smallest absolute Gasteiger partial charge is 0.286 e. The van der Waals surface area contributed by atoms with Crippen molar-refractivity contribution in [3.05, 3.63) is 100 Å². The van der Waals surface area contributed by atoms with Crippen molar-refractivity contribution in [2.45, 2.75) is 12.5 Å². The second kappa shape index (κ2) is 9.80. The summed E-state index contributed by atoms with van der Waals surface area (Å²) in [4.78, 5) is 19.9. The van der Waals surface area contributed by atoms with Crippen LogP contribution in [0.2, 0.25) is 0 Å². The third-order valence-corrected chi connectivity index (χ3v) is 7.02. The zero-order valence-electron chi connectivity index (χ0n) is 19.9. The van der Waals surface area contributed by atoms with Gasteiger partial charge in [0.2, 0.25) is 0 Å². The van der Waals surface area contributed by atoms with Crippen LogP contribution in [0.1, 0.15) is 29.2 Å². The first-order valence-corrected chi connectivity index (χ1v) is 12.2. The number of hydrogen-bond acceptors (Lipinski definition) is 6. The van der Waals surface area contributed by atoms with Crippen molar-refractivity contribution in [1.29, 1.82) is 0 Å². The number of amidine groups is 1. The van der Waals surface area contributed by atoms with Crippen molar-refractivity contribution in [3.63, 3.8) is 0 Å². The van der Waals surface area contributed by atoms with Crippen LogP contribution in [0.25, 0.3) is 6.08 Å². The summed E-state index contributed by atoms with van der Waals surface area (Å²) in [7, 11) is 5.68. The fourth-order valence-corrected chi connectivity index (χ4v) is 5.07. The van der Waals surface area contributed by atoms with Crippen LogP contribution in [0.3, 0.4) is 0 Å². The number of methoxy groups -OCH3 is 1. The molecular weight excluding hydrogens is 456 g/mol. The Bertz CT molecular complexity index is 1330. The number of anilines is 1. The minimum absolute atomic E-state index is 0.0499. The van der Waals surface area contributed by atoms with E-state index in [1.54, 1.807) is 7.11 Å². The number of carbonyl (C=O) groups is 1. The summed E-state index contributed by atoms with van der Waals surface area (Å²) < 4.78 is 5.44. The van der Waals surface area contributed by atoms with Gasteiger partial charge in [0.25, 0.3) is 5.91 Å². The van der Waals surface area contributed by atoms with Gasteiger partial charge in [0.15, 0.2) is 5.17 Å². The Morgan fingerprint density at radius 1 is 1.00 bits per heavy atom. The predicted octanol–water partition coefficient (Wildman–Crippen LogP) is 5.58. The number of nitrogens with zero attached hydrogens (tertiary/aromatic N) is 4. The lowest BCUT2D eigenvalue weighted by Crippen LogP contribution is -2.23. The minimum Gasteiger partial charge on any atom is -0.496 e. The Morgan fingerprint density at radius 3 is 2.43 bits per heavy atom. The summed E-state index contributed by atoms with van der Waals surface area (Å²) in [5.41, 5.74) is 5.15.